The Morgan fingerprint density at radius 1 is 1.47 bits per heavy atom. The molecule has 1 amide bonds. The van der Waals surface area contributed by atoms with Gasteiger partial charge in [-0.25, -0.2) is 0 Å². The highest BCUT2D eigenvalue weighted by molar-refractivity contribution is 5.93. The number of likely N-dealkylation sites (tertiary alicyclic amines) is 1. The summed E-state index contributed by atoms with van der Waals surface area (Å²) in [7, 11) is 0. The lowest BCUT2D eigenvalue weighted by Gasteiger charge is -2.47. The molecule has 2 N–H and O–H groups in total. The van der Waals surface area contributed by atoms with Crippen LogP contribution in [0.4, 0.5) is 13.2 Å². The molecule has 1 fully saturated rings. The molecule has 0 saturated carbocycles. The second-order valence-electron chi connectivity index (χ2n) is 4.81. The summed E-state index contributed by atoms with van der Waals surface area (Å²) in [6.45, 7) is 2.74. The molecule has 0 bridgehead atoms. The maximum absolute atomic E-state index is 12.4. The lowest BCUT2D eigenvalue weighted by atomic mass is 9.88. The molecule has 1 saturated heterocycles. The predicted octanol–water partition coefficient (Wildman–Crippen LogP) is 1.66. The van der Waals surface area contributed by atoms with Crippen molar-refractivity contribution in [2.24, 2.45) is 5.73 Å². The summed E-state index contributed by atoms with van der Waals surface area (Å²) in [6.07, 6.45) is -3.03. The number of hydrogen-bond donors (Lipinski definition) is 1. The van der Waals surface area contributed by atoms with E-state index in [9.17, 15) is 18.0 Å². The van der Waals surface area contributed by atoms with E-state index in [0.29, 0.717) is 19.3 Å². The highest BCUT2D eigenvalue weighted by Gasteiger charge is 2.41. The quantitative estimate of drug-likeness (QED) is 0.891. The Balaban J connectivity index is 2.06. The van der Waals surface area contributed by atoms with Crippen molar-refractivity contribution in [3.63, 3.8) is 0 Å². The van der Waals surface area contributed by atoms with Crippen molar-refractivity contribution in [3.05, 3.63) is 29.6 Å². The van der Waals surface area contributed by atoms with Gasteiger partial charge in [0, 0.05) is 19.3 Å². The van der Waals surface area contributed by atoms with Crippen LogP contribution >= 0.6 is 0 Å². The fourth-order valence-corrected chi connectivity index (χ4v) is 1.93. The Labute approximate surface area is 108 Å². The normalized spacial score (nSPS) is 18.1. The first-order chi connectivity index (χ1) is 8.75. The summed E-state index contributed by atoms with van der Waals surface area (Å²) in [5, 5.41) is 0. The molecule has 2 rings (SSSR count). The van der Waals surface area contributed by atoms with Crippen LogP contribution in [0.1, 0.15) is 29.4 Å². The van der Waals surface area contributed by atoms with Crippen LogP contribution in [0.5, 0.6) is 0 Å². The van der Waals surface area contributed by atoms with E-state index in [1.807, 2.05) is 6.92 Å². The number of aromatic nitrogens is 1. The van der Waals surface area contributed by atoms with Gasteiger partial charge in [0.25, 0.3) is 5.91 Å². The van der Waals surface area contributed by atoms with Crippen LogP contribution in [0.2, 0.25) is 0 Å². The van der Waals surface area contributed by atoms with E-state index < -0.39 is 11.7 Å². The molecule has 0 spiro atoms. The van der Waals surface area contributed by atoms with Crippen molar-refractivity contribution < 1.29 is 18.0 Å². The Hall–Kier alpha value is -1.63. The molecule has 19 heavy (non-hydrogen) atoms. The zero-order valence-corrected chi connectivity index (χ0v) is 10.4. The van der Waals surface area contributed by atoms with Crippen molar-refractivity contribution in [1.29, 1.82) is 0 Å². The topological polar surface area (TPSA) is 59.2 Å². The molecule has 0 unspecified atom stereocenters. The third-order valence-electron chi connectivity index (χ3n) is 3.31. The van der Waals surface area contributed by atoms with Gasteiger partial charge < -0.3 is 10.6 Å². The van der Waals surface area contributed by atoms with Crippen LogP contribution in [0, 0.1) is 0 Å². The molecular formula is C12H14F3N3O. The lowest BCUT2D eigenvalue weighted by Crippen LogP contribution is -2.68. The summed E-state index contributed by atoms with van der Waals surface area (Å²) >= 11 is 0. The van der Waals surface area contributed by atoms with E-state index in [1.165, 1.54) is 4.90 Å². The number of hydrogen-bond acceptors (Lipinski definition) is 3. The van der Waals surface area contributed by atoms with Gasteiger partial charge >= 0.3 is 6.18 Å². The van der Waals surface area contributed by atoms with E-state index in [1.54, 1.807) is 0 Å². The van der Waals surface area contributed by atoms with Gasteiger partial charge in [-0.1, -0.05) is 6.92 Å². The van der Waals surface area contributed by atoms with Crippen LogP contribution in [0.25, 0.3) is 0 Å². The largest absolute Gasteiger partial charge is 0.417 e. The van der Waals surface area contributed by atoms with Gasteiger partial charge in [0.1, 0.15) is 5.69 Å². The average Bonchev–Trinajstić information content (AvgIpc) is 2.33. The zero-order chi connectivity index (χ0) is 14.3. The van der Waals surface area contributed by atoms with Crippen molar-refractivity contribution in [2.75, 3.05) is 13.1 Å². The number of carbonyl (C=O) groups is 1. The average molecular weight is 273 g/mol. The first-order valence-electron chi connectivity index (χ1n) is 5.86. The Morgan fingerprint density at radius 2 is 2.11 bits per heavy atom. The fourth-order valence-electron chi connectivity index (χ4n) is 1.93. The van der Waals surface area contributed by atoms with Gasteiger partial charge in [-0.15, -0.1) is 0 Å². The van der Waals surface area contributed by atoms with E-state index in [0.717, 1.165) is 18.6 Å². The minimum Gasteiger partial charge on any atom is -0.333 e. The Bertz CT molecular complexity index is 478. The second kappa shape index (κ2) is 4.48. The highest BCUT2D eigenvalue weighted by atomic mass is 19.4. The molecule has 1 aliphatic rings. The molecule has 1 aromatic rings. The summed E-state index contributed by atoms with van der Waals surface area (Å²) in [4.78, 5) is 17.0. The van der Waals surface area contributed by atoms with Crippen LogP contribution in [-0.2, 0) is 6.18 Å². The number of halogens is 3. The molecular weight excluding hydrogens is 259 g/mol. The van der Waals surface area contributed by atoms with Crippen molar-refractivity contribution in [2.45, 2.75) is 25.1 Å². The van der Waals surface area contributed by atoms with E-state index in [2.05, 4.69) is 4.98 Å². The van der Waals surface area contributed by atoms with Gasteiger partial charge in [-0.05, 0) is 18.6 Å². The molecule has 104 valence electrons. The third kappa shape index (κ3) is 2.70. The summed E-state index contributed by atoms with van der Waals surface area (Å²) in [5.41, 5.74) is 4.69. The number of carbonyl (C=O) groups excluding carboxylic acids is 1. The Morgan fingerprint density at radius 3 is 2.53 bits per heavy atom. The first-order valence-corrected chi connectivity index (χ1v) is 5.86. The van der Waals surface area contributed by atoms with Crippen molar-refractivity contribution >= 4 is 5.91 Å². The molecule has 2 heterocycles. The molecule has 7 heteroatoms. The number of nitrogens with two attached hydrogens (primary N) is 1. The maximum Gasteiger partial charge on any atom is 0.417 e. The molecule has 0 radical (unpaired) electrons. The van der Waals surface area contributed by atoms with Gasteiger partial charge in [-0.2, -0.15) is 13.2 Å². The van der Waals surface area contributed by atoms with Crippen LogP contribution < -0.4 is 5.73 Å². The minimum atomic E-state index is -4.44. The number of nitrogens with zero attached hydrogens (tertiary/aromatic N) is 2. The smallest absolute Gasteiger partial charge is 0.333 e. The van der Waals surface area contributed by atoms with Crippen molar-refractivity contribution in [3.8, 4) is 0 Å². The molecule has 0 aliphatic carbocycles. The van der Waals surface area contributed by atoms with Gasteiger partial charge in [-0.3, -0.25) is 9.78 Å². The van der Waals surface area contributed by atoms with Gasteiger partial charge in [0.15, 0.2) is 0 Å². The number of pyridine rings is 1. The van der Waals surface area contributed by atoms with E-state index in [4.69, 9.17) is 5.73 Å². The lowest BCUT2D eigenvalue weighted by molar-refractivity contribution is -0.137. The molecule has 4 nitrogen and oxygen atoms in total. The van der Waals surface area contributed by atoms with E-state index in [-0.39, 0.29) is 17.1 Å². The molecule has 0 aromatic carbocycles. The van der Waals surface area contributed by atoms with Crippen LogP contribution in [-0.4, -0.2) is 34.4 Å². The van der Waals surface area contributed by atoms with Crippen LogP contribution in [0.15, 0.2) is 18.3 Å². The van der Waals surface area contributed by atoms with Gasteiger partial charge in [0.05, 0.1) is 11.1 Å². The minimum absolute atomic E-state index is 0.00570. The predicted molar refractivity (Wildman–Crippen MR) is 62.4 cm³/mol. The summed E-state index contributed by atoms with van der Waals surface area (Å²) in [6, 6.07) is 1.95. The summed E-state index contributed by atoms with van der Waals surface area (Å²) < 4.78 is 37.1. The number of alkyl halides is 3. The number of rotatable bonds is 2. The zero-order valence-electron chi connectivity index (χ0n) is 10.4. The van der Waals surface area contributed by atoms with Gasteiger partial charge in [0.2, 0.25) is 0 Å². The Kier molecular flexibility index (Phi) is 3.25. The monoisotopic (exact) mass is 273 g/mol. The van der Waals surface area contributed by atoms with Crippen LogP contribution in [0.3, 0.4) is 0 Å². The number of amides is 1. The van der Waals surface area contributed by atoms with Crippen molar-refractivity contribution in [1.82, 2.24) is 9.88 Å². The fraction of sp³-hybridized carbons (Fsp3) is 0.500. The second-order valence-corrected chi connectivity index (χ2v) is 4.81. The molecule has 0 atom stereocenters. The molecule has 1 aliphatic heterocycles. The van der Waals surface area contributed by atoms with E-state index >= 15 is 0 Å². The third-order valence-corrected chi connectivity index (χ3v) is 3.31. The summed E-state index contributed by atoms with van der Waals surface area (Å²) in [5.74, 6) is -0.386. The SMILES string of the molecule is CCC1(N)CN(C(=O)c2ccc(C(F)(F)F)cn2)C1. The highest BCUT2D eigenvalue weighted by Crippen LogP contribution is 2.29. The first kappa shape index (κ1) is 13.8. The maximum atomic E-state index is 12.4. The molecule has 1 aromatic heterocycles. The standard InChI is InChI=1S/C12H14F3N3O/c1-2-11(16)6-18(7-11)10(19)9-4-3-8(5-17-9)12(13,14)15/h3-5H,2,6-7,16H2,1H3.